The van der Waals surface area contributed by atoms with Gasteiger partial charge in [0.15, 0.2) is 0 Å². The summed E-state index contributed by atoms with van der Waals surface area (Å²) in [4.78, 5) is 22.3. The molecule has 0 bridgehead atoms. The zero-order valence-electron chi connectivity index (χ0n) is 10.1. The summed E-state index contributed by atoms with van der Waals surface area (Å²) in [6.45, 7) is 2.39. The number of amides is 1. The lowest BCUT2D eigenvalue weighted by molar-refractivity contribution is -0.145. The van der Waals surface area contributed by atoms with Crippen LogP contribution in [0.4, 0.5) is 0 Å². The number of aliphatic hydroxyl groups excluding tert-OH is 1. The van der Waals surface area contributed by atoms with Crippen LogP contribution in [0.1, 0.15) is 26.2 Å². The van der Waals surface area contributed by atoms with E-state index in [4.69, 9.17) is 4.74 Å². The van der Waals surface area contributed by atoms with Crippen LogP contribution in [-0.4, -0.2) is 48.8 Å². The molecule has 1 amide bonds. The van der Waals surface area contributed by atoms with E-state index in [1.807, 2.05) is 0 Å². The average molecular weight is 244 g/mol. The molecular formula is C11H20N2O4. The Morgan fingerprint density at radius 1 is 1.47 bits per heavy atom. The van der Waals surface area contributed by atoms with Gasteiger partial charge >= 0.3 is 5.97 Å². The summed E-state index contributed by atoms with van der Waals surface area (Å²) in [5.74, 6) is -0.500. The smallest absolute Gasteiger partial charge is 0.308 e. The molecule has 1 aliphatic carbocycles. The van der Waals surface area contributed by atoms with Crippen molar-refractivity contribution >= 4 is 11.9 Å². The van der Waals surface area contributed by atoms with Gasteiger partial charge in [-0.1, -0.05) is 0 Å². The average Bonchev–Trinajstić information content (AvgIpc) is 3.01. The van der Waals surface area contributed by atoms with Crippen LogP contribution in [0, 0.1) is 0 Å². The Labute approximate surface area is 101 Å². The first-order valence-corrected chi connectivity index (χ1v) is 5.95. The van der Waals surface area contributed by atoms with Crippen LogP contribution in [0.25, 0.3) is 0 Å². The molecule has 0 spiro atoms. The molecule has 1 rings (SSSR count). The van der Waals surface area contributed by atoms with Crippen LogP contribution in [0.15, 0.2) is 0 Å². The zero-order chi connectivity index (χ0) is 12.7. The highest BCUT2D eigenvalue weighted by Crippen LogP contribution is 2.18. The monoisotopic (exact) mass is 244 g/mol. The maximum atomic E-state index is 11.3. The molecule has 0 aromatic rings. The molecule has 3 N–H and O–H groups in total. The van der Waals surface area contributed by atoms with Gasteiger partial charge < -0.3 is 20.5 Å². The lowest BCUT2D eigenvalue weighted by atomic mass is 10.2. The molecule has 1 fully saturated rings. The van der Waals surface area contributed by atoms with E-state index in [1.54, 1.807) is 6.92 Å². The first-order valence-electron chi connectivity index (χ1n) is 5.95. The number of carbonyl (C=O) groups is 2. The number of hydrogen-bond donors (Lipinski definition) is 3. The van der Waals surface area contributed by atoms with Crippen LogP contribution < -0.4 is 10.6 Å². The van der Waals surface area contributed by atoms with E-state index in [0.717, 1.165) is 12.8 Å². The second-order valence-electron chi connectivity index (χ2n) is 4.14. The normalized spacial score (nSPS) is 16.4. The van der Waals surface area contributed by atoms with Gasteiger partial charge in [-0.2, -0.15) is 0 Å². The fourth-order valence-electron chi connectivity index (χ4n) is 1.34. The second kappa shape index (κ2) is 7.24. The van der Waals surface area contributed by atoms with Crippen LogP contribution >= 0.6 is 0 Å². The van der Waals surface area contributed by atoms with Gasteiger partial charge in [-0.25, -0.2) is 0 Å². The predicted octanol–water partition coefficient (Wildman–Crippen LogP) is -0.831. The maximum absolute atomic E-state index is 11.3. The summed E-state index contributed by atoms with van der Waals surface area (Å²) in [6, 6.07) is 0.341. The first kappa shape index (κ1) is 13.9. The maximum Gasteiger partial charge on any atom is 0.308 e. The molecule has 0 heterocycles. The molecule has 1 atom stereocenters. The molecule has 1 saturated carbocycles. The summed E-state index contributed by atoms with van der Waals surface area (Å²) >= 11 is 0. The summed E-state index contributed by atoms with van der Waals surface area (Å²) in [7, 11) is 0. The molecule has 6 nitrogen and oxygen atoms in total. The summed E-state index contributed by atoms with van der Waals surface area (Å²) < 4.78 is 4.69. The third-order valence-corrected chi connectivity index (χ3v) is 2.32. The molecule has 0 radical (unpaired) electrons. The van der Waals surface area contributed by atoms with Crippen molar-refractivity contribution in [3.63, 3.8) is 0 Å². The standard InChI is InChI=1S/C11H20N2O4/c1-2-17-11(16)5-9(14)6-12-7-10(15)13-8-3-4-8/h8-9,12,14H,2-7H2,1H3,(H,13,15). The van der Waals surface area contributed by atoms with Gasteiger partial charge in [0.2, 0.25) is 5.91 Å². The van der Waals surface area contributed by atoms with E-state index in [2.05, 4.69) is 10.6 Å². The molecule has 0 aromatic heterocycles. The van der Waals surface area contributed by atoms with E-state index in [1.165, 1.54) is 0 Å². The molecule has 17 heavy (non-hydrogen) atoms. The largest absolute Gasteiger partial charge is 0.466 e. The second-order valence-corrected chi connectivity index (χ2v) is 4.14. The third kappa shape index (κ3) is 6.91. The molecule has 0 aliphatic heterocycles. The summed E-state index contributed by atoms with van der Waals surface area (Å²) in [5, 5.41) is 15.1. The Morgan fingerprint density at radius 3 is 2.76 bits per heavy atom. The quantitative estimate of drug-likeness (QED) is 0.485. The number of esters is 1. The molecule has 0 saturated heterocycles. The number of hydrogen-bond acceptors (Lipinski definition) is 5. The molecule has 1 unspecified atom stereocenters. The highest BCUT2D eigenvalue weighted by Gasteiger charge is 2.22. The van der Waals surface area contributed by atoms with Gasteiger partial charge in [0, 0.05) is 12.6 Å². The van der Waals surface area contributed by atoms with Gasteiger partial charge in [-0.05, 0) is 19.8 Å². The van der Waals surface area contributed by atoms with Crippen LogP contribution in [0.2, 0.25) is 0 Å². The highest BCUT2D eigenvalue weighted by molar-refractivity contribution is 5.78. The third-order valence-electron chi connectivity index (χ3n) is 2.32. The Kier molecular flexibility index (Phi) is 5.93. The Bertz CT molecular complexity index is 266. The minimum absolute atomic E-state index is 0.0505. The van der Waals surface area contributed by atoms with Crippen LogP contribution in [0.5, 0.6) is 0 Å². The van der Waals surface area contributed by atoms with Gasteiger partial charge in [-0.3, -0.25) is 9.59 Å². The lowest BCUT2D eigenvalue weighted by Crippen LogP contribution is -2.38. The Morgan fingerprint density at radius 2 is 2.18 bits per heavy atom. The lowest BCUT2D eigenvalue weighted by Gasteiger charge is -2.11. The molecule has 0 aromatic carbocycles. The van der Waals surface area contributed by atoms with Crippen molar-refractivity contribution in [3.05, 3.63) is 0 Å². The van der Waals surface area contributed by atoms with E-state index < -0.39 is 12.1 Å². The van der Waals surface area contributed by atoms with Crippen molar-refractivity contribution in [2.75, 3.05) is 19.7 Å². The predicted molar refractivity (Wildman–Crippen MR) is 61.3 cm³/mol. The van der Waals surface area contributed by atoms with Crippen molar-refractivity contribution in [3.8, 4) is 0 Å². The minimum Gasteiger partial charge on any atom is -0.466 e. The van der Waals surface area contributed by atoms with Crippen LogP contribution in [0.3, 0.4) is 0 Å². The van der Waals surface area contributed by atoms with Crippen LogP contribution in [-0.2, 0) is 14.3 Å². The Balaban J connectivity index is 2.00. The number of rotatable bonds is 8. The fourth-order valence-corrected chi connectivity index (χ4v) is 1.34. The number of carbonyl (C=O) groups excluding carboxylic acids is 2. The molecule has 98 valence electrons. The van der Waals surface area contributed by atoms with E-state index in [0.29, 0.717) is 12.6 Å². The highest BCUT2D eigenvalue weighted by atomic mass is 16.5. The topological polar surface area (TPSA) is 87.7 Å². The summed E-state index contributed by atoms with van der Waals surface area (Å²) in [6.07, 6.45) is 1.24. The molecular weight excluding hydrogens is 224 g/mol. The molecule has 1 aliphatic rings. The van der Waals surface area contributed by atoms with E-state index in [9.17, 15) is 14.7 Å². The van der Waals surface area contributed by atoms with Crippen molar-refractivity contribution in [1.29, 1.82) is 0 Å². The van der Waals surface area contributed by atoms with Gasteiger partial charge in [0.25, 0.3) is 0 Å². The van der Waals surface area contributed by atoms with E-state index in [-0.39, 0.29) is 25.4 Å². The Hall–Kier alpha value is -1.14. The van der Waals surface area contributed by atoms with Crippen molar-refractivity contribution in [2.45, 2.75) is 38.3 Å². The SMILES string of the molecule is CCOC(=O)CC(O)CNCC(=O)NC1CC1. The van der Waals surface area contributed by atoms with Crippen molar-refractivity contribution in [1.82, 2.24) is 10.6 Å². The number of ether oxygens (including phenoxy) is 1. The molecule has 6 heteroatoms. The summed E-state index contributed by atoms with van der Waals surface area (Å²) in [5.41, 5.74) is 0. The minimum atomic E-state index is -0.817. The zero-order valence-corrected chi connectivity index (χ0v) is 10.1. The van der Waals surface area contributed by atoms with Gasteiger partial charge in [0.05, 0.1) is 25.7 Å². The first-order chi connectivity index (χ1) is 8.11. The van der Waals surface area contributed by atoms with Crippen molar-refractivity contribution < 1.29 is 19.4 Å². The van der Waals surface area contributed by atoms with Gasteiger partial charge in [0.1, 0.15) is 0 Å². The van der Waals surface area contributed by atoms with E-state index >= 15 is 0 Å². The van der Waals surface area contributed by atoms with Crippen molar-refractivity contribution in [2.24, 2.45) is 0 Å². The van der Waals surface area contributed by atoms with Gasteiger partial charge in [-0.15, -0.1) is 0 Å². The number of aliphatic hydroxyl groups is 1. The fraction of sp³-hybridized carbons (Fsp3) is 0.818. The number of nitrogens with one attached hydrogen (secondary N) is 2.